The summed E-state index contributed by atoms with van der Waals surface area (Å²) in [6.07, 6.45) is 9.81. The fourth-order valence-corrected chi connectivity index (χ4v) is 5.22. The zero-order valence-electron chi connectivity index (χ0n) is 20.1. The Morgan fingerprint density at radius 3 is 2.69 bits per heavy atom. The molecule has 2 aliphatic rings. The second-order valence-electron chi connectivity index (χ2n) is 10.0. The Kier molecular flexibility index (Phi) is 7.16. The Bertz CT molecular complexity index is 1140. The Hall–Kier alpha value is -3.16. The number of phenols is 1. The third-order valence-corrected chi connectivity index (χ3v) is 7.49. The minimum atomic E-state index is -0.595. The first-order chi connectivity index (χ1) is 17.1. The van der Waals surface area contributed by atoms with Crippen molar-refractivity contribution < 1.29 is 9.90 Å². The van der Waals surface area contributed by atoms with Crippen LogP contribution in [0, 0.1) is 5.92 Å². The lowest BCUT2D eigenvalue weighted by Gasteiger charge is -2.32. The van der Waals surface area contributed by atoms with Crippen molar-refractivity contribution in [2.75, 3.05) is 26.2 Å². The zero-order valence-corrected chi connectivity index (χ0v) is 20.1. The number of aryl methyl sites for hydroxylation is 1. The summed E-state index contributed by atoms with van der Waals surface area (Å²) in [5.41, 5.74) is 8.92. The number of aromatic hydroxyl groups is 1. The molecule has 1 aromatic heterocycles. The largest absolute Gasteiger partial charge is 0.507 e. The van der Waals surface area contributed by atoms with Crippen molar-refractivity contribution in [3.63, 3.8) is 0 Å². The average molecular weight is 474 g/mol. The maximum absolute atomic E-state index is 11.2. The SMILES string of the molecule is NC(=O)c1ccc(CCCN2CCC(CNC3CC3c3cnn(-c4ccccc4)c3)CC2)cc1O. The van der Waals surface area contributed by atoms with Crippen LogP contribution in [-0.2, 0) is 6.42 Å². The molecule has 2 unspecified atom stereocenters. The highest BCUT2D eigenvalue weighted by Crippen LogP contribution is 2.41. The predicted octanol–water partition coefficient (Wildman–Crippen LogP) is 3.47. The molecule has 184 valence electrons. The van der Waals surface area contributed by atoms with Crippen LogP contribution in [0.4, 0.5) is 0 Å². The highest BCUT2D eigenvalue weighted by molar-refractivity contribution is 5.95. The number of carbonyl (C=O) groups excluding carboxylic acids is 1. The van der Waals surface area contributed by atoms with E-state index in [1.807, 2.05) is 35.1 Å². The third-order valence-electron chi connectivity index (χ3n) is 7.49. The second kappa shape index (κ2) is 10.6. The first-order valence-electron chi connectivity index (χ1n) is 12.7. The molecule has 1 amide bonds. The molecular formula is C28H35N5O2. The molecule has 4 N–H and O–H groups in total. The molecule has 1 saturated heterocycles. The van der Waals surface area contributed by atoms with Gasteiger partial charge in [0.05, 0.1) is 17.4 Å². The number of piperidine rings is 1. The monoisotopic (exact) mass is 473 g/mol. The van der Waals surface area contributed by atoms with Gasteiger partial charge in [0.2, 0.25) is 0 Å². The molecule has 2 fully saturated rings. The highest BCUT2D eigenvalue weighted by Gasteiger charge is 2.39. The van der Waals surface area contributed by atoms with E-state index in [-0.39, 0.29) is 11.3 Å². The molecule has 7 nitrogen and oxygen atoms in total. The van der Waals surface area contributed by atoms with Crippen molar-refractivity contribution in [2.24, 2.45) is 11.7 Å². The number of likely N-dealkylation sites (tertiary alicyclic amines) is 1. The van der Waals surface area contributed by atoms with Crippen LogP contribution in [0.15, 0.2) is 60.9 Å². The van der Waals surface area contributed by atoms with Gasteiger partial charge in [-0.1, -0.05) is 24.3 Å². The number of benzene rings is 2. The van der Waals surface area contributed by atoms with Crippen LogP contribution >= 0.6 is 0 Å². The lowest BCUT2D eigenvalue weighted by Crippen LogP contribution is -2.38. The van der Waals surface area contributed by atoms with Gasteiger partial charge in [-0.25, -0.2) is 4.68 Å². The number of primary amides is 1. The van der Waals surface area contributed by atoms with Gasteiger partial charge in [-0.15, -0.1) is 0 Å². The standard InChI is InChI=1S/C28H35N5O2/c29-28(35)24-9-8-20(15-27(24)34)5-4-12-32-13-10-21(11-14-32)17-30-26-16-25(26)22-18-31-33(19-22)23-6-2-1-3-7-23/h1-3,6-9,15,18-19,21,25-26,30,34H,4-5,10-14,16-17H2,(H2,29,35). The van der Waals surface area contributed by atoms with Crippen molar-refractivity contribution in [1.29, 1.82) is 0 Å². The minimum absolute atomic E-state index is 0.0220. The summed E-state index contributed by atoms with van der Waals surface area (Å²) in [5.74, 6) is 0.718. The number of rotatable bonds is 10. The molecular weight excluding hydrogens is 438 g/mol. The zero-order chi connectivity index (χ0) is 24.2. The number of para-hydroxylation sites is 1. The molecule has 5 rings (SSSR count). The minimum Gasteiger partial charge on any atom is -0.507 e. The summed E-state index contributed by atoms with van der Waals surface area (Å²) in [6, 6.07) is 16.0. The fraction of sp³-hybridized carbons (Fsp3) is 0.429. The highest BCUT2D eigenvalue weighted by atomic mass is 16.3. The number of carbonyl (C=O) groups is 1. The van der Waals surface area contributed by atoms with Gasteiger partial charge in [0.1, 0.15) is 5.75 Å². The number of aromatic nitrogens is 2. The summed E-state index contributed by atoms with van der Waals surface area (Å²) in [6.45, 7) is 4.47. The van der Waals surface area contributed by atoms with Crippen LogP contribution in [0.3, 0.4) is 0 Å². The van der Waals surface area contributed by atoms with Crippen molar-refractivity contribution in [2.45, 2.75) is 44.1 Å². The van der Waals surface area contributed by atoms with E-state index in [2.05, 4.69) is 33.6 Å². The van der Waals surface area contributed by atoms with Crippen molar-refractivity contribution in [1.82, 2.24) is 20.0 Å². The van der Waals surface area contributed by atoms with Crippen LogP contribution in [0.1, 0.15) is 53.1 Å². The van der Waals surface area contributed by atoms with Gasteiger partial charge in [-0.2, -0.15) is 5.10 Å². The molecule has 3 aromatic rings. The number of nitrogens with two attached hydrogens (primary N) is 1. The number of nitrogens with zero attached hydrogens (tertiary/aromatic N) is 3. The number of nitrogens with one attached hydrogen (secondary N) is 1. The summed E-state index contributed by atoms with van der Waals surface area (Å²) >= 11 is 0. The lowest BCUT2D eigenvalue weighted by atomic mass is 9.96. The first-order valence-corrected chi connectivity index (χ1v) is 12.7. The Balaban J connectivity index is 0.987. The van der Waals surface area contributed by atoms with Gasteiger partial charge >= 0.3 is 0 Å². The molecule has 0 spiro atoms. The van der Waals surface area contributed by atoms with Crippen LogP contribution in [-0.4, -0.2) is 57.9 Å². The Morgan fingerprint density at radius 1 is 1.14 bits per heavy atom. The molecule has 2 heterocycles. The van der Waals surface area contributed by atoms with E-state index in [1.165, 1.54) is 24.8 Å². The Labute approximate surface area is 206 Å². The van der Waals surface area contributed by atoms with E-state index in [1.54, 1.807) is 12.1 Å². The van der Waals surface area contributed by atoms with E-state index < -0.39 is 5.91 Å². The van der Waals surface area contributed by atoms with Crippen molar-refractivity contribution in [3.05, 3.63) is 77.6 Å². The van der Waals surface area contributed by atoms with E-state index in [9.17, 15) is 9.90 Å². The van der Waals surface area contributed by atoms with Gasteiger partial charge in [0.15, 0.2) is 0 Å². The topological polar surface area (TPSA) is 96.4 Å². The normalized spacial score (nSPS) is 20.7. The molecule has 35 heavy (non-hydrogen) atoms. The summed E-state index contributed by atoms with van der Waals surface area (Å²) < 4.78 is 1.97. The maximum Gasteiger partial charge on any atom is 0.252 e. The van der Waals surface area contributed by atoms with E-state index >= 15 is 0 Å². The maximum atomic E-state index is 11.2. The van der Waals surface area contributed by atoms with E-state index in [0.717, 1.165) is 56.2 Å². The summed E-state index contributed by atoms with van der Waals surface area (Å²) in [5, 5.41) is 18.3. The Morgan fingerprint density at radius 2 is 1.94 bits per heavy atom. The van der Waals surface area contributed by atoms with Crippen LogP contribution in [0.25, 0.3) is 5.69 Å². The average Bonchev–Trinajstić information content (AvgIpc) is 3.48. The van der Waals surface area contributed by atoms with E-state index in [4.69, 9.17) is 5.73 Å². The number of hydrogen-bond acceptors (Lipinski definition) is 5. The first kappa shape index (κ1) is 23.6. The molecule has 1 aliphatic carbocycles. The molecule has 0 radical (unpaired) electrons. The number of amides is 1. The molecule has 0 bridgehead atoms. The van der Waals surface area contributed by atoms with Crippen molar-refractivity contribution in [3.8, 4) is 11.4 Å². The smallest absolute Gasteiger partial charge is 0.252 e. The number of hydrogen-bond donors (Lipinski definition) is 3. The molecule has 2 atom stereocenters. The van der Waals surface area contributed by atoms with Crippen LogP contribution in [0.2, 0.25) is 0 Å². The van der Waals surface area contributed by atoms with Gasteiger partial charge in [-0.05, 0) is 99.6 Å². The van der Waals surface area contributed by atoms with Crippen molar-refractivity contribution >= 4 is 5.91 Å². The van der Waals surface area contributed by atoms with Crippen LogP contribution < -0.4 is 11.1 Å². The third kappa shape index (κ3) is 5.92. The summed E-state index contributed by atoms with van der Waals surface area (Å²) in [7, 11) is 0. The predicted molar refractivity (Wildman–Crippen MR) is 137 cm³/mol. The lowest BCUT2D eigenvalue weighted by molar-refractivity contribution is 0.0997. The molecule has 2 aromatic carbocycles. The fourth-order valence-electron chi connectivity index (χ4n) is 5.22. The second-order valence-corrected chi connectivity index (χ2v) is 10.0. The quantitative estimate of drug-likeness (QED) is 0.419. The molecule has 7 heteroatoms. The van der Waals surface area contributed by atoms with Gasteiger partial charge < -0.3 is 21.1 Å². The molecule has 1 saturated carbocycles. The van der Waals surface area contributed by atoms with E-state index in [0.29, 0.717) is 12.0 Å². The van der Waals surface area contributed by atoms with Crippen LogP contribution in [0.5, 0.6) is 5.75 Å². The van der Waals surface area contributed by atoms with Gasteiger partial charge in [0.25, 0.3) is 5.91 Å². The van der Waals surface area contributed by atoms with Gasteiger partial charge in [0, 0.05) is 18.2 Å². The van der Waals surface area contributed by atoms with Gasteiger partial charge in [-0.3, -0.25) is 4.79 Å². The summed E-state index contributed by atoms with van der Waals surface area (Å²) in [4.78, 5) is 13.8. The molecule has 1 aliphatic heterocycles.